The lowest BCUT2D eigenvalue weighted by atomic mass is 9.92. The van der Waals surface area contributed by atoms with Crippen LogP contribution in [0.5, 0.6) is 0 Å². The van der Waals surface area contributed by atoms with Crippen molar-refractivity contribution in [2.24, 2.45) is 0 Å². The highest BCUT2D eigenvalue weighted by molar-refractivity contribution is 5.81. The first-order valence-corrected chi connectivity index (χ1v) is 5.55. The molecular weight excluding hydrogens is 287 g/mol. The van der Waals surface area contributed by atoms with Crippen LogP contribution in [0.1, 0.15) is 7.79 Å². The topological polar surface area (TPSA) is 108 Å². The van der Waals surface area contributed by atoms with E-state index in [-0.39, 0.29) is 0 Å². The summed E-state index contributed by atoms with van der Waals surface area (Å²) in [6, 6.07) is 0. The largest absolute Gasteiger partial charge is 0.471 e. The number of aliphatic hydroxyl groups excluding tert-OH is 3. The second-order valence-electron chi connectivity index (χ2n) is 4.26. The van der Waals surface area contributed by atoms with Gasteiger partial charge in [-0.3, -0.25) is 4.79 Å². The van der Waals surface area contributed by atoms with Gasteiger partial charge in [-0.2, -0.15) is 13.2 Å². The van der Waals surface area contributed by atoms with E-state index in [2.05, 4.69) is 0 Å². The summed E-state index contributed by atoms with van der Waals surface area (Å²) in [4.78, 5) is 10.7. The summed E-state index contributed by atoms with van der Waals surface area (Å²) in [6.45, 7) is -2.70. The van der Waals surface area contributed by atoms with Gasteiger partial charge >= 0.3 is 12.1 Å². The number of carbonyl (C=O) groups excluding carboxylic acids is 1. The monoisotopic (exact) mass is 304 g/mol. The standard InChI is InChI=1S/C10H16F3NO6/c1-19-7-5(16)6(17)9(4-15,20-7)2-3-14-8(18)10(11,12)13/h5-7,15-17H,2-4H2,1H3,(H,14,18)/t5-,6+,7?,9-/m1/s1/i3D/t3?,5-,6+,7?,9-. The molecule has 1 saturated heterocycles. The third-order valence-corrected chi connectivity index (χ3v) is 2.93. The van der Waals surface area contributed by atoms with Crippen molar-refractivity contribution >= 4 is 5.91 Å². The van der Waals surface area contributed by atoms with Gasteiger partial charge in [-0.15, -0.1) is 0 Å². The molecule has 0 aliphatic carbocycles. The molecule has 0 aromatic carbocycles. The Bertz CT molecular complexity index is 384. The third kappa shape index (κ3) is 3.38. The Kier molecular flexibility index (Phi) is 4.81. The van der Waals surface area contributed by atoms with E-state index in [1.165, 1.54) is 5.32 Å². The maximum Gasteiger partial charge on any atom is 0.471 e. The molecule has 0 bridgehead atoms. The summed E-state index contributed by atoms with van der Waals surface area (Å²) in [5, 5.41) is 30.1. The Morgan fingerprint density at radius 1 is 1.55 bits per heavy atom. The van der Waals surface area contributed by atoms with E-state index >= 15 is 0 Å². The van der Waals surface area contributed by atoms with E-state index in [9.17, 15) is 33.3 Å². The molecule has 1 heterocycles. The zero-order valence-electron chi connectivity index (χ0n) is 11.4. The summed E-state index contributed by atoms with van der Waals surface area (Å²) in [7, 11) is 1.15. The van der Waals surface area contributed by atoms with Gasteiger partial charge in [0.05, 0.1) is 6.61 Å². The molecule has 0 radical (unpaired) electrons. The van der Waals surface area contributed by atoms with Crippen LogP contribution in [-0.2, 0) is 14.3 Å². The first-order valence-electron chi connectivity index (χ1n) is 6.12. The van der Waals surface area contributed by atoms with Crippen LogP contribution in [0, 0.1) is 0 Å². The van der Waals surface area contributed by atoms with E-state index in [4.69, 9.17) is 10.8 Å². The number of carbonyl (C=O) groups is 1. The van der Waals surface area contributed by atoms with Gasteiger partial charge in [0.2, 0.25) is 0 Å². The minimum atomic E-state index is -5.16. The number of nitrogens with one attached hydrogen (secondary N) is 1. The van der Waals surface area contributed by atoms with Gasteiger partial charge in [-0.25, -0.2) is 0 Å². The predicted molar refractivity (Wildman–Crippen MR) is 57.4 cm³/mol. The van der Waals surface area contributed by atoms with Crippen LogP contribution in [0.4, 0.5) is 13.2 Å². The second-order valence-corrected chi connectivity index (χ2v) is 4.26. The number of hydrogen-bond donors (Lipinski definition) is 4. The summed E-state index contributed by atoms with van der Waals surface area (Å²) in [6.07, 6.45) is -10.4. The maximum atomic E-state index is 12.1. The van der Waals surface area contributed by atoms with E-state index < -0.39 is 55.7 Å². The van der Waals surface area contributed by atoms with Gasteiger partial charge in [-0.05, 0) is 6.42 Å². The molecule has 0 saturated carbocycles. The fraction of sp³-hybridized carbons (Fsp3) is 0.900. The Hall–Kier alpha value is -0.940. The van der Waals surface area contributed by atoms with Crippen LogP contribution in [0.2, 0.25) is 0 Å². The number of hydrogen-bond acceptors (Lipinski definition) is 6. The van der Waals surface area contributed by atoms with Crippen molar-refractivity contribution in [2.45, 2.75) is 36.7 Å². The van der Waals surface area contributed by atoms with E-state index in [1.54, 1.807) is 0 Å². The first kappa shape index (κ1) is 15.4. The highest BCUT2D eigenvalue weighted by Gasteiger charge is 2.54. The van der Waals surface area contributed by atoms with E-state index in [1.807, 2.05) is 0 Å². The molecular formula is C10H16F3NO6. The maximum absolute atomic E-state index is 12.1. The smallest absolute Gasteiger partial charge is 0.393 e. The lowest BCUT2D eigenvalue weighted by Gasteiger charge is -2.29. The number of halogens is 3. The fourth-order valence-corrected chi connectivity index (χ4v) is 1.78. The zero-order valence-corrected chi connectivity index (χ0v) is 10.4. The van der Waals surface area contributed by atoms with Gasteiger partial charge < -0.3 is 30.1 Å². The molecule has 5 atom stereocenters. The fourth-order valence-electron chi connectivity index (χ4n) is 1.78. The Morgan fingerprint density at radius 2 is 2.15 bits per heavy atom. The average molecular weight is 304 g/mol. The van der Waals surface area contributed by atoms with Crippen LogP contribution in [-0.4, -0.2) is 71.7 Å². The normalized spacial score (nSPS) is 36.5. The molecule has 7 nitrogen and oxygen atoms in total. The zero-order chi connectivity index (χ0) is 16.4. The molecule has 20 heavy (non-hydrogen) atoms. The lowest BCUT2D eigenvalue weighted by molar-refractivity contribution is -0.191. The molecule has 1 aliphatic rings. The van der Waals surface area contributed by atoms with Crippen molar-refractivity contribution in [3.05, 3.63) is 0 Å². The average Bonchev–Trinajstić information content (AvgIpc) is 2.62. The summed E-state index contributed by atoms with van der Waals surface area (Å²) >= 11 is 0. The molecule has 0 aromatic heterocycles. The van der Waals surface area contributed by atoms with Crippen molar-refractivity contribution in [1.82, 2.24) is 5.32 Å². The molecule has 2 unspecified atom stereocenters. The quantitative estimate of drug-likeness (QED) is 0.493. The molecule has 1 aliphatic heterocycles. The van der Waals surface area contributed by atoms with Crippen LogP contribution in [0.15, 0.2) is 0 Å². The Labute approximate surface area is 113 Å². The number of aliphatic hydroxyl groups is 3. The molecule has 10 heteroatoms. The van der Waals surface area contributed by atoms with Crippen molar-refractivity contribution in [3.8, 4) is 0 Å². The lowest BCUT2D eigenvalue weighted by Crippen LogP contribution is -2.49. The SMILES string of the molecule is [2H]C(C[C@]1(CO)OC(OC)[C@H](O)[C@@H]1O)NC(=O)C(F)(F)F. The highest BCUT2D eigenvalue weighted by atomic mass is 19.4. The van der Waals surface area contributed by atoms with Crippen LogP contribution < -0.4 is 5.32 Å². The Morgan fingerprint density at radius 3 is 2.55 bits per heavy atom. The van der Waals surface area contributed by atoms with Crippen LogP contribution in [0.3, 0.4) is 0 Å². The summed E-state index contributed by atoms with van der Waals surface area (Å²) in [5.41, 5.74) is -1.91. The molecule has 1 fully saturated rings. The minimum absolute atomic E-state index is 0.677. The molecule has 1 rings (SSSR count). The molecule has 118 valence electrons. The minimum Gasteiger partial charge on any atom is -0.393 e. The number of amides is 1. The molecule has 4 N–H and O–H groups in total. The number of ether oxygens (including phenoxy) is 2. The van der Waals surface area contributed by atoms with Crippen molar-refractivity contribution in [1.29, 1.82) is 0 Å². The Balaban J connectivity index is 2.76. The van der Waals surface area contributed by atoms with Crippen molar-refractivity contribution < 1.29 is 44.1 Å². The predicted octanol–water partition coefficient (Wildman–Crippen LogP) is -1.49. The van der Waals surface area contributed by atoms with Crippen LogP contribution >= 0.6 is 0 Å². The van der Waals surface area contributed by atoms with Gasteiger partial charge in [0, 0.05) is 15.0 Å². The van der Waals surface area contributed by atoms with Gasteiger partial charge in [-0.1, -0.05) is 0 Å². The molecule has 0 aromatic rings. The summed E-state index contributed by atoms with van der Waals surface area (Å²) in [5.74, 6) is -2.33. The van der Waals surface area contributed by atoms with E-state index in [0.29, 0.717) is 0 Å². The van der Waals surface area contributed by atoms with Crippen molar-refractivity contribution in [3.63, 3.8) is 0 Å². The molecule has 1 amide bonds. The number of rotatable bonds is 5. The van der Waals surface area contributed by atoms with E-state index in [0.717, 1.165) is 7.11 Å². The van der Waals surface area contributed by atoms with Gasteiger partial charge in [0.25, 0.3) is 0 Å². The first-order chi connectivity index (χ1) is 9.57. The number of methoxy groups -OCH3 is 1. The second kappa shape index (κ2) is 6.22. The van der Waals surface area contributed by atoms with Crippen molar-refractivity contribution in [2.75, 3.05) is 20.2 Å². The van der Waals surface area contributed by atoms with Crippen LogP contribution in [0.25, 0.3) is 0 Å². The number of alkyl halides is 3. The molecule has 0 spiro atoms. The van der Waals surface area contributed by atoms with Gasteiger partial charge in [0.1, 0.15) is 17.8 Å². The third-order valence-electron chi connectivity index (χ3n) is 2.93. The highest BCUT2D eigenvalue weighted by Crippen LogP contribution is 2.34. The van der Waals surface area contributed by atoms with Gasteiger partial charge in [0.15, 0.2) is 6.29 Å². The summed E-state index contributed by atoms with van der Waals surface area (Å²) < 4.78 is 53.4.